The van der Waals surface area contributed by atoms with Crippen molar-refractivity contribution in [2.24, 2.45) is 11.8 Å². The molecule has 1 saturated heterocycles. The van der Waals surface area contributed by atoms with Crippen molar-refractivity contribution in [3.63, 3.8) is 0 Å². The molecule has 1 aromatic carbocycles. The van der Waals surface area contributed by atoms with Crippen LogP contribution < -0.4 is 19.7 Å². The topological polar surface area (TPSA) is 67.9 Å². The van der Waals surface area contributed by atoms with Gasteiger partial charge in [-0.1, -0.05) is 13.3 Å². The van der Waals surface area contributed by atoms with Crippen molar-refractivity contribution < 1.29 is 19.1 Å². The zero-order valence-electron chi connectivity index (χ0n) is 14.5. The maximum atomic E-state index is 12.6. The van der Waals surface area contributed by atoms with Gasteiger partial charge in [-0.25, -0.2) is 0 Å². The summed E-state index contributed by atoms with van der Waals surface area (Å²) >= 11 is 0. The fourth-order valence-corrected chi connectivity index (χ4v) is 3.99. The smallest absolute Gasteiger partial charge is 0.227 e. The lowest BCUT2D eigenvalue weighted by Crippen LogP contribution is -2.41. The van der Waals surface area contributed by atoms with Crippen molar-refractivity contribution in [2.45, 2.75) is 38.6 Å². The van der Waals surface area contributed by atoms with Crippen LogP contribution in [0.3, 0.4) is 0 Å². The molecular formula is C19H24N2O4. The molecule has 0 spiro atoms. The first kappa shape index (κ1) is 16.2. The summed E-state index contributed by atoms with van der Waals surface area (Å²) in [6.07, 6.45) is 3.64. The third-order valence-electron chi connectivity index (χ3n) is 5.52. The molecule has 0 bridgehead atoms. The molecule has 6 nitrogen and oxygen atoms in total. The van der Waals surface area contributed by atoms with Crippen LogP contribution in [0, 0.1) is 11.8 Å². The van der Waals surface area contributed by atoms with Crippen molar-refractivity contribution in [2.75, 3.05) is 24.7 Å². The molecule has 2 heterocycles. The molecule has 4 rings (SSSR count). The lowest BCUT2D eigenvalue weighted by Gasteiger charge is -2.22. The first-order chi connectivity index (χ1) is 12.1. The molecule has 1 saturated carbocycles. The Morgan fingerprint density at radius 2 is 2.00 bits per heavy atom. The summed E-state index contributed by atoms with van der Waals surface area (Å²) < 4.78 is 11.1. The van der Waals surface area contributed by atoms with Gasteiger partial charge in [0.15, 0.2) is 11.5 Å². The molecule has 134 valence electrons. The molecule has 1 N–H and O–H groups in total. The molecule has 3 unspecified atom stereocenters. The molecule has 1 aromatic rings. The van der Waals surface area contributed by atoms with Gasteiger partial charge in [0, 0.05) is 30.8 Å². The molecule has 2 fully saturated rings. The van der Waals surface area contributed by atoms with E-state index in [0.717, 1.165) is 18.5 Å². The van der Waals surface area contributed by atoms with E-state index in [2.05, 4.69) is 12.2 Å². The summed E-state index contributed by atoms with van der Waals surface area (Å²) in [7, 11) is 0. The van der Waals surface area contributed by atoms with E-state index in [0.29, 0.717) is 37.2 Å². The van der Waals surface area contributed by atoms with E-state index in [-0.39, 0.29) is 30.2 Å². The molecule has 25 heavy (non-hydrogen) atoms. The van der Waals surface area contributed by atoms with Crippen molar-refractivity contribution in [3.8, 4) is 11.5 Å². The fraction of sp³-hybridized carbons (Fsp3) is 0.579. The lowest BCUT2D eigenvalue weighted by molar-refractivity contribution is -0.127. The van der Waals surface area contributed by atoms with E-state index in [1.165, 1.54) is 6.42 Å². The van der Waals surface area contributed by atoms with Gasteiger partial charge >= 0.3 is 0 Å². The number of carbonyl (C=O) groups is 2. The summed E-state index contributed by atoms with van der Waals surface area (Å²) in [5.41, 5.74) is 0.763. The number of nitrogens with zero attached hydrogens (tertiary/aromatic N) is 1. The van der Waals surface area contributed by atoms with Crippen LogP contribution in [-0.4, -0.2) is 37.6 Å². The number of ether oxygens (including phenoxy) is 2. The van der Waals surface area contributed by atoms with Gasteiger partial charge in [-0.3, -0.25) is 9.59 Å². The summed E-state index contributed by atoms with van der Waals surface area (Å²) in [6.45, 7) is 3.65. The Morgan fingerprint density at radius 1 is 1.20 bits per heavy atom. The average molecular weight is 344 g/mol. The van der Waals surface area contributed by atoms with Crippen molar-refractivity contribution >= 4 is 17.5 Å². The number of nitrogens with one attached hydrogen (secondary N) is 1. The number of carbonyl (C=O) groups excluding carboxylic acids is 2. The monoisotopic (exact) mass is 344 g/mol. The largest absolute Gasteiger partial charge is 0.486 e. The van der Waals surface area contributed by atoms with E-state index in [4.69, 9.17) is 9.47 Å². The minimum absolute atomic E-state index is 0.00661. The Balaban J connectivity index is 1.44. The van der Waals surface area contributed by atoms with Gasteiger partial charge in [-0.05, 0) is 30.9 Å². The molecule has 2 aliphatic heterocycles. The highest BCUT2D eigenvalue weighted by atomic mass is 16.6. The molecular weight excluding hydrogens is 320 g/mol. The first-order valence-electron chi connectivity index (χ1n) is 9.12. The second kappa shape index (κ2) is 6.58. The highest BCUT2D eigenvalue weighted by Crippen LogP contribution is 2.36. The van der Waals surface area contributed by atoms with Crippen LogP contribution in [0.5, 0.6) is 11.5 Å². The highest BCUT2D eigenvalue weighted by molar-refractivity contribution is 6.00. The minimum atomic E-state index is -0.284. The summed E-state index contributed by atoms with van der Waals surface area (Å²) in [6, 6.07) is 5.76. The van der Waals surface area contributed by atoms with Crippen molar-refractivity contribution in [1.82, 2.24) is 5.32 Å². The van der Waals surface area contributed by atoms with Crippen LogP contribution in [0.25, 0.3) is 0 Å². The zero-order valence-corrected chi connectivity index (χ0v) is 14.5. The van der Waals surface area contributed by atoms with E-state index in [9.17, 15) is 9.59 Å². The van der Waals surface area contributed by atoms with Gasteiger partial charge < -0.3 is 19.7 Å². The van der Waals surface area contributed by atoms with Crippen LogP contribution in [0.2, 0.25) is 0 Å². The number of amides is 2. The maximum absolute atomic E-state index is 12.6. The van der Waals surface area contributed by atoms with Crippen LogP contribution in [0.1, 0.15) is 32.6 Å². The lowest BCUT2D eigenvalue weighted by atomic mass is 10.0. The molecule has 2 amide bonds. The third-order valence-corrected chi connectivity index (χ3v) is 5.52. The molecule has 3 atom stereocenters. The van der Waals surface area contributed by atoms with Crippen molar-refractivity contribution in [3.05, 3.63) is 18.2 Å². The number of hydrogen-bond donors (Lipinski definition) is 1. The Labute approximate surface area is 147 Å². The first-order valence-corrected chi connectivity index (χ1v) is 9.12. The predicted molar refractivity (Wildman–Crippen MR) is 92.8 cm³/mol. The van der Waals surface area contributed by atoms with Gasteiger partial charge in [0.2, 0.25) is 11.8 Å². The Kier molecular flexibility index (Phi) is 4.27. The predicted octanol–water partition coefficient (Wildman–Crippen LogP) is 2.12. The Hall–Kier alpha value is -2.24. The fourth-order valence-electron chi connectivity index (χ4n) is 3.99. The van der Waals surface area contributed by atoms with Gasteiger partial charge in [0.25, 0.3) is 0 Å². The number of rotatable bonds is 3. The quantitative estimate of drug-likeness (QED) is 0.912. The average Bonchev–Trinajstić information content (AvgIpc) is 3.20. The van der Waals surface area contributed by atoms with Crippen LogP contribution in [0.4, 0.5) is 5.69 Å². The minimum Gasteiger partial charge on any atom is -0.486 e. The number of fused-ring (bicyclic) bond motifs is 1. The second-order valence-corrected chi connectivity index (χ2v) is 7.26. The normalized spacial score (nSPS) is 28.3. The van der Waals surface area contributed by atoms with Crippen molar-refractivity contribution in [1.29, 1.82) is 0 Å². The van der Waals surface area contributed by atoms with Gasteiger partial charge in [0.05, 0.1) is 5.92 Å². The number of hydrogen-bond acceptors (Lipinski definition) is 4. The van der Waals surface area contributed by atoms with E-state index >= 15 is 0 Å². The number of benzene rings is 1. The van der Waals surface area contributed by atoms with Gasteiger partial charge in [0.1, 0.15) is 13.2 Å². The van der Waals surface area contributed by atoms with Crippen LogP contribution in [-0.2, 0) is 9.59 Å². The van der Waals surface area contributed by atoms with E-state index in [1.807, 2.05) is 18.2 Å². The van der Waals surface area contributed by atoms with Gasteiger partial charge in [-0.15, -0.1) is 0 Å². The summed E-state index contributed by atoms with van der Waals surface area (Å²) in [5.74, 6) is 1.59. The van der Waals surface area contributed by atoms with E-state index < -0.39 is 0 Å². The molecule has 0 radical (unpaired) electrons. The number of anilines is 1. The standard InChI is InChI=1S/C19H24N2O4/c1-12-3-2-4-15(12)20-19(23)13-9-18(22)21(11-13)14-5-6-16-17(10-14)25-8-7-24-16/h5-6,10,12-13,15H,2-4,7-9,11H2,1H3,(H,20,23). The SMILES string of the molecule is CC1CCCC1NC(=O)C1CC(=O)N(c2ccc3c(c2)OCCO3)C1. The Bertz CT molecular complexity index is 690. The summed E-state index contributed by atoms with van der Waals surface area (Å²) in [5, 5.41) is 3.15. The molecule has 1 aliphatic carbocycles. The van der Waals surface area contributed by atoms with Gasteiger partial charge in [-0.2, -0.15) is 0 Å². The molecule has 3 aliphatic rings. The van der Waals surface area contributed by atoms with Crippen LogP contribution in [0.15, 0.2) is 18.2 Å². The third kappa shape index (κ3) is 3.17. The highest BCUT2D eigenvalue weighted by Gasteiger charge is 2.37. The molecule has 0 aromatic heterocycles. The van der Waals surface area contributed by atoms with Crippen LogP contribution >= 0.6 is 0 Å². The Morgan fingerprint density at radius 3 is 2.76 bits per heavy atom. The van der Waals surface area contributed by atoms with E-state index in [1.54, 1.807) is 4.90 Å². The maximum Gasteiger partial charge on any atom is 0.227 e. The second-order valence-electron chi connectivity index (χ2n) is 7.26. The zero-order chi connectivity index (χ0) is 17.4. The molecule has 6 heteroatoms. The summed E-state index contributed by atoms with van der Waals surface area (Å²) in [4.78, 5) is 26.7.